The summed E-state index contributed by atoms with van der Waals surface area (Å²) in [4.78, 5) is 12.0. The second-order valence-corrected chi connectivity index (χ2v) is 3.86. The lowest BCUT2D eigenvalue weighted by Gasteiger charge is -2.31. The van der Waals surface area contributed by atoms with Gasteiger partial charge < -0.3 is 9.64 Å². The molecule has 0 aromatic rings. The first-order valence-electron chi connectivity index (χ1n) is 5.20. The third-order valence-electron chi connectivity index (χ3n) is 2.52. The van der Waals surface area contributed by atoms with E-state index in [-0.39, 0.29) is 13.1 Å². The van der Waals surface area contributed by atoms with Crippen LogP contribution in [0.25, 0.3) is 0 Å². The SMILES string of the molecule is O=C(OC(F)(C(F)F)C(F)(F)F)N1CCCCC1. The second-order valence-electron chi connectivity index (χ2n) is 3.86. The average Bonchev–Trinajstić information content (AvgIpc) is 2.28. The molecule has 1 aliphatic heterocycles. The highest BCUT2D eigenvalue weighted by Crippen LogP contribution is 2.40. The van der Waals surface area contributed by atoms with Crippen molar-refractivity contribution < 1.29 is 35.9 Å². The van der Waals surface area contributed by atoms with E-state index >= 15 is 0 Å². The van der Waals surface area contributed by atoms with Crippen LogP contribution in [0.1, 0.15) is 19.3 Å². The Bertz CT molecular complexity index is 302. The van der Waals surface area contributed by atoms with Crippen LogP contribution in [-0.2, 0) is 4.74 Å². The normalized spacial score (nSPS) is 20.7. The van der Waals surface area contributed by atoms with Crippen molar-refractivity contribution in [1.82, 2.24) is 4.90 Å². The summed E-state index contributed by atoms with van der Waals surface area (Å²) in [5, 5.41) is 0. The Morgan fingerprint density at radius 3 is 1.94 bits per heavy atom. The molecule has 106 valence electrons. The number of nitrogens with zero attached hydrogens (tertiary/aromatic N) is 1. The first-order chi connectivity index (χ1) is 8.18. The van der Waals surface area contributed by atoms with Gasteiger partial charge in [0.25, 0.3) is 0 Å². The number of carbonyl (C=O) groups excluding carboxylic acids is 1. The Kier molecular flexibility index (Phi) is 4.33. The van der Waals surface area contributed by atoms with Crippen molar-refractivity contribution in [2.75, 3.05) is 13.1 Å². The van der Waals surface area contributed by atoms with Gasteiger partial charge in [-0.25, -0.2) is 13.6 Å². The van der Waals surface area contributed by atoms with E-state index in [1.54, 1.807) is 0 Å². The third-order valence-corrected chi connectivity index (χ3v) is 2.52. The summed E-state index contributed by atoms with van der Waals surface area (Å²) in [5.41, 5.74) is 0. The predicted molar refractivity (Wildman–Crippen MR) is 47.8 cm³/mol. The van der Waals surface area contributed by atoms with Crippen molar-refractivity contribution in [1.29, 1.82) is 0 Å². The van der Waals surface area contributed by atoms with Crippen LogP contribution in [0, 0.1) is 0 Å². The minimum atomic E-state index is -5.98. The van der Waals surface area contributed by atoms with Gasteiger partial charge in [0.2, 0.25) is 0 Å². The lowest BCUT2D eigenvalue weighted by Crippen LogP contribution is -2.53. The van der Waals surface area contributed by atoms with E-state index in [4.69, 9.17) is 0 Å². The van der Waals surface area contributed by atoms with Gasteiger partial charge >= 0.3 is 24.5 Å². The highest BCUT2D eigenvalue weighted by Gasteiger charge is 2.67. The van der Waals surface area contributed by atoms with Gasteiger partial charge in [0.1, 0.15) is 0 Å². The van der Waals surface area contributed by atoms with Gasteiger partial charge in [0.05, 0.1) is 0 Å². The summed E-state index contributed by atoms with van der Waals surface area (Å²) in [7, 11) is 0. The second kappa shape index (κ2) is 5.23. The summed E-state index contributed by atoms with van der Waals surface area (Å²) in [6, 6.07) is 0. The topological polar surface area (TPSA) is 29.5 Å². The molecular formula is C9H11F6NO2. The van der Waals surface area contributed by atoms with Crippen LogP contribution in [0.2, 0.25) is 0 Å². The van der Waals surface area contributed by atoms with Crippen LogP contribution in [0.3, 0.4) is 0 Å². The Balaban J connectivity index is 2.75. The molecule has 1 unspecified atom stereocenters. The lowest BCUT2D eigenvalue weighted by atomic mass is 10.1. The van der Waals surface area contributed by atoms with Crippen molar-refractivity contribution in [3.8, 4) is 0 Å². The van der Waals surface area contributed by atoms with Crippen LogP contribution in [0.5, 0.6) is 0 Å². The van der Waals surface area contributed by atoms with Crippen LogP contribution < -0.4 is 0 Å². The molecule has 9 heteroatoms. The largest absolute Gasteiger partial charge is 0.466 e. The number of likely N-dealkylation sites (tertiary alicyclic amines) is 1. The van der Waals surface area contributed by atoms with Crippen molar-refractivity contribution in [3.05, 3.63) is 0 Å². The summed E-state index contributed by atoms with van der Waals surface area (Å²) >= 11 is 0. The lowest BCUT2D eigenvalue weighted by molar-refractivity contribution is -0.351. The molecule has 1 atom stereocenters. The molecule has 0 saturated carbocycles. The quantitative estimate of drug-likeness (QED) is 0.727. The number of amides is 1. The molecule has 18 heavy (non-hydrogen) atoms. The number of piperidine rings is 1. The van der Waals surface area contributed by atoms with E-state index < -0.39 is 24.5 Å². The maximum atomic E-state index is 13.1. The minimum absolute atomic E-state index is 0.0655. The molecule has 1 saturated heterocycles. The maximum absolute atomic E-state index is 13.1. The molecule has 3 nitrogen and oxygen atoms in total. The van der Waals surface area contributed by atoms with Crippen molar-refractivity contribution in [2.24, 2.45) is 0 Å². The fraction of sp³-hybridized carbons (Fsp3) is 0.889. The fourth-order valence-electron chi connectivity index (χ4n) is 1.49. The van der Waals surface area contributed by atoms with Crippen LogP contribution in [0.4, 0.5) is 31.1 Å². The smallest absolute Gasteiger partial charge is 0.398 e. The Morgan fingerprint density at radius 2 is 1.56 bits per heavy atom. The van der Waals surface area contributed by atoms with Crippen molar-refractivity contribution in [2.45, 2.75) is 37.7 Å². The molecule has 0 aliphatic carbocycles. The Morgan fingerprint density at radius 1 is 1.06 bits per heavy atom. The van der Waals surface area contributed by atoms with Crippen LogP contribution in [0.15, 0.2) is 0 Å². The molecule has 0 spiro atoms. The molecule has 0 bridgehead atoms. The number of alkyl halides is 6. The van der Waals surface area contributed by atoms with E-state index in [1.165, 1.54) is 0 Å². The number of hydrogen-bond acceptors (Lipinski definition) is 2. The van der Waals surface area contributed by atoms with Gasteiger partial charge in [0, 0.05) is 13.1 Å². The molecule has 1 rings (SSSR count). The molecule has 1 aliphatic rings. The molecular weight excluding hydrogens is 268 g/mol. The zero-order chi connectivity index (χ0) is 14.0. The number of rotatable bonds is 2. The fourth-order valence-corrected chi connectivity index (χ4v) is 1.49. The zero-order valence-electron chi connectivity index (χ0n) is 9.14. The van der Waals surface area contributed by atoms with Crippen molar-refractivity contribution in [3.63, 3.8) is 0 Å². The molecule has 0 aromatic heterocycles. The Hall–Kier alpha value is -1.15. The first-order valence-corrected chi connectivity index (χ1v) is 5.20. The standard InChI is InChI=1S/C9H11F6NO2/c10-6(11)8(12,9(13,14)15)18-7(17)16-4-2-1-3-5-16/h6H,1-5H2. The summed E-state index contributed by atoms with van der Waals surface area (Å²) in [6.45, 7) is 0.131. The molecule has 1 amide bonds. The number of carbonyl (C=O) groups is 1. The summed E-state index contributed by atoms with van der Waals surface area (Å²) < 4.78 is 77.1. The number of hydrogen-bond donors (Lipinski definition) is 0. The molecule has 0 radical (unpaired) electrons. The Labute approximate surface area is 98.7 Å². The highest BCUT2D eigenvalue weighted by molar-refractivity contribution is 5.68. The number of ether oxygens (including phenoxy) is 1. The zero-order valence-corrected chi connectivity index (χ0v) is 9.14. The van der Waals surface area contributed by atoms with Gasteiger partial charge in [0.15, 0.2) is 0 Å². The predicted octanol–water partition coefficient (Wildman–Crippen LogP) is 3.10. The highest BCUT2D eigenvalue weighted by atomic mass is 19.4. The van der Waals surface area contributed by atoms with E-state index in [0.29, 0.717) is 12.8 Å². The van der Waals surface area contributed by atoms with Gasteiger partial charge in [-0.05, 0) is 19.3 Å². The van der Waals surface area contributed by atoms with Gasteiger partial charge in [-0.15, -0.1) is 0 Å². The average molecular weight is 279 g/mol. The van der Waals surface area contributed by atoms with Crippen LogP contribution >= 0.6 is 0 Å². The van der Waals surface area contributed by atoms with E-state index in [1.807, 2.05) is 0 Å². The van der Waals surface area contributed by atoms with Gasteiger partial charge in [-0.2, -0.15) is 17.6 Å². The minimum Gasteiger partial charge on any atom is -0.398 e. The van der Waals surface area contributed by atoms with Crippen molar-refractivity contribution >= 4 is 6.09 Å². The summed E-state index contributed by atoms with van der Waals surface area (Å²) in [5.74, 6) is -5.26. The molecule has 1 fully saturated rings. The van der Waals surface area contributed by atoms with E-state index in [0.717, 1.165) is 11.3 Å². The summed E-state index contributed by atoms with van der Waals surface area (Å²) in [6.07, 6.45) is -10.4. The van der Waals surface area contributed by atoms with Crippen LogP contribution in [-0.4, -0.2) is 42.5 Å². The van der Waals surface area contributed by atoms with E-state index in [2.05, 4.69) is 4.74 Å². The first kappa shape index (κ1) is 14.9. The monoisotopic (exact) mass is 279 g/mol. The third kappa shape index (κ3) is 2.99. The molecule has 1 heterocycles. The molecule has 0 N–H and O–H groups in total. The number of halogens is 6. The van der Waals surface area contributed by atoms with Gasteiger partial charge in [-0.3, -0.25) is 0 Å². The van der Waals surface area contributed by atoms with Gasteiger partial charge in [-0.1, -0.05) is 0 Å². The molecule has 0 aromatic carbocycles. The maximum Gasteiger partial charge on any atom is 0.466 e. The van der Waals surface area contributed by atoms with E-state index in [9.17, 15) is 31.1 Å².